The zero-order chi connectivity index (χ0) is 8.81. The van der Waals surface area contributed by atoms with Gasteiger partial charge in [-0.25, -0.2) is 4.98 Å². The van der Waals surface area contributed by atoms with Crippen LogP contribution in [0.4, 0.5) is 0 Å². The number of nitrogens with zero attached hydrogens (tertiary/aromatic N) is 1. The average molecular weight is 184 g/mol. The monoisotopic (exact) mass is 183 g/mol. The second-order valence-corrected chi connectivity index (χ2v) is 2.58. The van der Waals surface area contributed by atoms with Crippen LogP contribution in [0.5, 0.6) is 5.75 Å². The molecular formula is C9H10ClNO. The second-order valence-electron chi connectivity index (χ2n) is 2.22. The summed E-state index contributed by atoms with van der Waals surface area (Å²) in [4.78, 5) is 3.87. The molecule has 2 nitrogen and oxygen atoms in total. The number of ether oxygens (including phenoxy) is 1. The molecule has 0 spiro atoms. The number of hydrogen-bond acceptors (Lipinski definition) is 2. The zero-order valence-corrected chi connectivity index (χ0v) is 7.42. The third kappa shape index (κ3) is 2.55. The molecule has 0 N–H and O–H groups in total. The van der Waals surface area contributed by atoms with Gasteiger partial charge in [0, 0.05) is 6.20 Å². The molecule has 0 aliphatic heterocycles. The molecule has 0 unspecified atom stereocenters. The molecule has 64 valence electrons. The van der Waals surface area contributed by atoms with E-state index < -0.39 is 0 Å². The van der Waals surface area contributed by atoms with E-state index in [0.717, 1.165) is 6.42 Å². The van der Waals surface area contributed by atoms with Crippen LogP contribution in [0.25, 0.3) is 0 Å². The number of hydrogen-bond donors (Lipinski definition) is 0. The Bertz CT molecular complexity index is 262. The van der Waals surface area contributed by atoms with E-state index in [2.05, 4.69) is 11.6 Å². The minimum Gasteiger partial charge on any atom is -0.490 e. The molecule has 1 heterocycles. The molecule has 0 aliphatic carbocycles. The molecule has 0 amide bonds. The molecule has 12 heavy (non-hydrogen) atoms. The lowest BCUT2D eigenvalue weighted by Crippen LogP contribution is -1.96. The maximum atomic E-state index is 5.74. The van der Waals surface area contributed by atoms with Gasteiger partial charge >= 0.3 is 0 Å². The third-order valence-corrected chi connectivity index (χ3v) is 1.59. The molecule has 0 radical (unpaired) electrons. The van der Waals surface area contributed by atoms with E-state index in [4.69, 9.17) is 16.3 Å². The van der Waals surface area contributed by atoms with Gasteiger partial charge in [0.25, 0.3) is 0 Å². The van der Waals surface area contributed by atoms with Crippen LogP contribution in [-0.4, -0.2) is 11.6 Å². The summed E-state index contributed by atoms with van der Waals surface area (Å²) in [7, 11) is 0. The Morgan fingerprint density at radius 1 is 1.67 bits per heavy atom. The van der Waals surface area contributed by atoms with Crippen molar-refractivity contribution in [2.75, 3.05) is 6.61 Å². The molecule has 0 saturated carbocycles. The Kier molecular flexibility index (Phi) is 3.61. The topological polar surface area (TPSA) is 22.1 Å². The molecule has 0 aliphatic rings. The first-order valence-corrected chi connectivity index (χ1v) is 4.06. The van der Waals surface area contributed by atoms with Crippen molar-refractivity contribution in [2.45, 2.75) is 6.42 Å². The van der Waals surface area contributed by atoms with E-state index in [1.807, 2.05) is 0 Å². The minimum absolute atomic E-state index is 0.404. The van der Waals surface area contributed by atoms with E-state index in [1.54, 1.807) is 24.4 Å². The van der Waals surface area contributed by atoms with E-state index >= 15 is 0 Å². The lowest BCUT2D eigenvalue weighted by molar-refractivity contribution is 0.324. The van der Waals surface area contributed by atoms with Gasteiger partial charge in [-0.3, -0.25) is 0 Å². The summed E-state index contributed by atoms with van der Waals surface area (Å²) in [6, 6.07) is 3.58. The molecule has 0 bridgehead atoms. The number of halogens is 1. The molecule has 0 aromatic carbocycles. The number of aromatic nitrogens is 1. The first kappa shape index (κ1) is 9.07. The standard InChI is InChI=1S/C9H10ClNO/c1-2-3-7-12-8-5-4-6-11-9(8)10/h2,4-6H,1,3,7H2. The molecule has 1 rings (SSSR count). The number of pyridine rings is 1. The van der Waals surface area contributed by atoms with Crippen LogP contribution < -0.4 is 4.74 Å². The SMILES string of the molecule is C=CCCOc1cccnc1Cl. The average Bonchev–Trinajstić information content (AvgIpc) is 2.09. The maximum Gasteiger partial charge on any atom is 0.171 e. The van der Waals surface area contributed by atoms with Gasteiger partial charge in [-0.05, 0) is 18.6 Å². The highest BCUT2D eigenvalue weighted by atomic mass is 35.5. The lowest BCUT2D eigenvalue weighted by Gasteiger charge is -2.04. The van der Waals surface area contributed by atoms with Crippen LogP contribution in [0.15, 0.2) is 31.0 Å². The van der Waals surface area contributed by atoms with Crippen molar-refractivity contribution in [1.29, 1.82) is 0 Å². The van der Waals surface area contributed by atoms with Crippen LogP contribution in [0.2, 0.25) is 5.15 Å². The summed E-state index contributed by atoms with van der Waals surface area (Å²) in [6.07, 6.45) is 4.23. The minimum atomic E-state index is 0.404. The summed E-state index contributed by atoms with van der Waals surface area (Å²) >= 11 is 5.74. The lowest BCUT2D eigenvalue weighted by atomic mass is 10.4. The predicted molar refractivity (Wildman–Crippen MR) is 49.6 cm³/mol. The maximum absolute atomic E-state index is 5.74. The fraction of sp³-hybridized carbons (Fsp3) is 0.222. The quantitative estimate of drug-likeness (QED) is 0.407. The van der Waals surface area contributed by atoms with E-state index in [1.165, 1.54) is 0 Å². The Balaban J connectivity index is 2.51. The van der Waals surface area contributed by atoms with Gasteiger partial charge in [0.2, 0.25) is 0 Å². The molecule has 1 aromatic heterocycles. The summed E-state index contributed by atoms with van der Waals surface area (Å²) < 4.78 is 5.31. The first-order chi connectivity index (χ1) is 5.84. The van der Waals surface area contributed by atoms with Crippen LogP contribution in [0.3, 0.4) is 0 Å². The summed E-state index contributed by atoms with van der Waals surface area (Å²) in [5, 5.41) is 0.404. The summed E-state index contributed by atoms with van der Waals surface area (Å²) in [5.41, 5.74) is 0. The van der Waals surface area contributed by atoms with Crippen LogP contribution in [0.1, 0.15) is 6.42 Å². The smallest absolute Gasteiger partial charge is 0.171 e. The summed E-state index contributed by atoms with van der Waals surface area (Å²) in [6.45, 7) is 4.18. The van der Waals surface area contributed by atoms with Crippen molar-refractivity contribution in [2.24, 2.45) is 0 Å². The fourth-order valence-electron chi connectivity index (χ4n) is 0.731. The molecule has 0 atom stereocenters. The van der Waals surface area contributed by atoms with Crippen molar-refractivity contribution in [3.63, 3.8) is 0 Å². The van der Waals surface area contributed by atoms with Gasteiger partial charge in [0.1, 0.15) is 0 Å². The zero-order valence-electron chi connectivity index (χ0n) is 6.66. The van der Waals surface area contributed by atoms with Crippen LogP contribution in [-0.2, 0) is 0 Å². The molecule has 3 heteroatoms. The second kappa shape index (κ2) is 4.78. The summed E-state index contributed by atoms with van der Waals surface area (Å²) in [5.74, 6) is 0.626. The molecular weight excluding hydrogens is 174 g/mol. The van der Waals surface area contributed by atoms with Gasteiger partial charge in [-0.2, -0.15) is 0 Å². The highest BCUT2D eigenvalue weighted by Gasteiger charge is 1.98. The Hall–Kier alpha value is -1.02. The Labute approximate surface area is 76.8 Å². The predicted octanol–water partition coefficient (Wildman–Crippen LogP) is 2.69. The van der Waals surface area contributed by atoms with Crippen molar-refractivity contribution in [3.05, 3.63) is 36.1 Å². The van der Waals surface area contributed by atoms with Crippen LogP contribution >= 0.6 is 11.6 Å². The first-order valence-electron chi connectivity index (χ1n) is 3.69. The van der Waals surface area contributed by atoms with Crippen LogP contribution in [0, 0.1) is 0 Å². The van der Waals surface area contributed by atoms with Gasteiger partial charge in [-0.1, -0.05) is 17.7 Å². The Morgan fingerprint density at radius 2 is 2.50 bits per heavy atom. The fourth-order valence-corrected chi connectivity index (χ4v) is 0.905. The highest BCUT2D eigenvalue weighted by molar-refractivity contribution is 6.30. The van der Waals surface area contributed by atoms with Crippen molar-refractivity contribution in [3.8, 4) is 5.75 Å². The van der Waals surface area contributed by atoms with Crippen molar-refractivity contribution >= 4 is 11.6 Å². The molecule has 0 fully saturated rings. The molecule has 0 saturated heterocycles. The van der Waals surface area contributed by atoms with Crippen molar-refractivity contribution in [1.82, 2.24) is 4.98 Å². The highest BCUT2D eigenvalue weighted by Crippen LogP contribution is 2.20. The van der Waals surface area contributed by atoms with Crippen molar-refractivity contribution < 1.29 is 4.74 Å². The number of rotatable bonds is 4. The van der Waals surface area contributed by atoms with Gasteiger partial charge in [-0.15, -0.1) is 6.58 Å². The van der Waals surface area contributed by atoms with E-state index in [9.17, 15) is 0 Å². The Morgan fingerprint density at radius 3 is 3.17 bits per heavy atom. The normalized spacial score (nSPS) is 9.42. The largest absolute Gasteiger partial charge is 0.490 e. The molecule has 1 aromatic rings. The van der Waals surface area contributed by atoms with E-state index in [0.29, 0.717) is 17.5 Å². The van der Waals surface area contributed by atoms with Gasteiger partial charge < -0.3 is 4.74 Å². The van der Waals surface area contributed by atoms with Gasteiger partial charge in [0.15, 0.2) is 10.9 Å². The van der Waals surface area contributed by atoms with E-state index in [-0.39, 0.29) is 0 Å². The third-order valence-electron chi connectivity index (χ3n) is 1.30. The van der Waals surface area contributed by atoms with Gasteiger partial charge in [0.05, 0.1) is 6.61 Å².